The fraction of sp³-hybridized carbons (Fsp3) is 0.833. The molecule has 1 N–H and O–H groups in total. The molecule has 1 atom stereocenters. The molecule has 0 aromatic heterocycles. The first-order chi connectivity index (χ1) is 8.04. The van der Waals surface area contributed by atoms with E-state index in [2.05, 4.69) is 17.1 Å². The van der Waals surface area contributed by atoms with Crippen molar-refractivity contribution in [1.82, 2.24) is 15.1 Å². The minimum Gasteiger partial charge on any atom is -0.355 e. The van der Waals surface area contributed by atoms with Crippen LogP contribution in [0.5, 0.6) is 0 Å². The van der Waals surface area contributed by atoms with E-state index >= 15 is 0 Å². The molecule has 0 spiro atoms. The lowest BCUT2D eigenvalue weighted by atomic mass is 10.1. The first kappa shape index (κ1) is 14.0. The van der Waals surface area contributed by atoms with Crippen molar-refractivity contribution < 1.29 is 9.59 Å². The predicted octanol–water partition coefficient (Wildman–Crippen LogP) is -0.0773. The summed E-state index contributed by atoms with van der Waals surface area (Å²) in [6.07, 6.45) is 1.30. The maximum atomic E-state index is 12.2. The van der Waals surface area contributed by atoms with Gasteiger partial charge in [-0.25, -0.2) is 0 Å². The second-order valence-electron chi connectivity index (χ2n) is 4.83. The van der Waals surface area contributed by atoms with Crippen molar-refractivity contribution in [3.8, 4) is 0 Å². The molecule has 1 heterocycles. The van der Waals surface area contributed by atoms with Crippen LogP contribution < -0.4 is 5.32 Å². The van der Waals surface area contributed by atoms with Crippen molar-refractivity contribution >= 4 is 11.8 Å². The van der Waals surface area contributed by atoms with E-state index in [9.17, 15) is 9.59 Å². The van der Waals surface area contributed by atoms with E-state index in [1.54, 1.807) is 0 Å². The zero-order valence-electron chi connectivity index (χ0n) is 11.0. The van der Waals surface area contributed by atoms with Gasteiger partial charge in [0.25, 0.3) is 0 Å². The van der Waals surface area contributed by atoms with Crippen LogP contribution in [-0.2, 0) is 9.59 Å². The summed E-state index contributed by atoms with van der Waals surface area (Å²) in [7, 11) is 3.99. The Morgan fingerprint density at radius 2 is 2.06 bits per heavy atom. The Morgan fingerprint density at radius 1 is 1.35 bits per heavy atom. The smallest absolute Gasteiger partial charge is 0.228 e. The molecule has 1 unspecified atom stereocenters. The molecule has 1 aliphatic heterocycles. The van der Waals surface area contributed by atoms with E-state index in [1.807, 2.05) is 19.0 Å². The van der Waals surface area contributed by atoms with E-state index in [4.69, 9.17) is 0 Å². The molecular weight excluding hydrogens is 218 g/mol. The molecule has 1 aliphatic rings. The van der Waals surface area contributed by atoms with Crippen molar-refractivity contribution in [2.75, 3.05) is 40.3 Å². The number of nitrogens with one attached hydrogen (secondary N) is 1. The number of carbonyl (C=O) groups is 2. The molecule has 5 nitrogen and oxygen atoms in total. The van der Waals surface area contributed by atoms with E-state index in [0.29, 0.717) is 13.0 Å². The van der Waals surface area contributed by atoms with Crippen LogP contribution in [-0.4, -0.2) is 61.9 Å². The van der Waals surface area contributed by atoms with Crippen LogP contribution in [0.25, 0.3) is 0 Å². The number of carbonyl (C=O) groups excluding carboxylic acids is 2. The van der Waals surface area contributed by atoms with E-state index in [0.717, 1.165) is 26.1 Å². The summed E-state index contributed by atoms with van der Waals surface area (Å²) < 4.78 is 0. The third kappa shape index (κ3) is 4.34. The van der Waals surface area contributed by atoms with Crippen LogP contribution in [0.15, 0.2) is 0 Å². The molecule has 1 fully saturated rings. The quantitative estimate of drug-likeness (QED) is 0.708. The molecule has 2 amide bonds. The van der Waals surface area contributed by atoms with Gasteiger partial charge < -0.3 is 15.1 Å². The van der Waals surface area contributed by atoms with E-state index in [-0.39, 0.29) is 17.7 Å². The Balaban J connectivity index is 2.50. The normalized spacial score (nSPS) is 19.5. The SMILES string of the molecule is CCCN(CCN(C)C)C(=O)C1CNC(=O)C1. The maximum absolute atomic E-state index is 12.2. The van der Waals surface area contributed by atoms with Gasteiger partial charge in [0.1, 0.15) is 0 Å². The molecule has 98 valence electrons. The number of nitrogens with zero attached hydrogens (tertiary/aromatic N) is 2. The summed E-state index contributed by atoms with van der Waals surface area (Å²) in [5, 5.41) is 2.72. The number of hydrogen-bond acceptors (Lipinski definition) is 3. The Bertz CT molecular complexity index is 279. The molecule has 0 saturated carbocycles. The lowest BCUT2D eigenvalue weighted by Gasteiger charge is -2.26. The molecule has 5 heteroatoms. The summed E-state index contributed by atoms with van der Waals surface area (Å²) in [6, 6.07) is 0. The van der Waals surface area contributed by atoms with Gasteiger partial charge >= 0.3 is 0 Å². The van der Waals surface area contributed by atoms with Gasteiger partial charge in [0, 0.05) is 32.6 Å². The van der Waals surface area contributed by atoms with Crippen LogP contribution in [0, 0.1) is 5.92 Å². The lowest BCUT2D eigenvalue weighted by molar-refractivity contribution is -0.136. The summed E-state index contributed by atoms with van der Waals surface area (Å²) in [5.74, 6) is -0.0457. The first-order valence-electron chi connectivity index (χ1n) is 6.24. The molecule has 0 aromatic carbocycles. The average molecular weight is 241 g/mol. The second kappa shape index (κ2) is 6.59. The van der Waals surface area contributed by atoms with Crippen molar-refractivity contribution in [3.05, 3.63) is 0 Å². The first-order valence-corrected chi connectivity index (χ1v) is 6.24. The summed E-state index contributed by atoms with van der Waals surface area (Å²) in [5.41, 5.74) is 0. The van der Waals surface area contributed by atoms with Crippen molar-refractivity contribution in [1.29, 1.82) is 0 Å². The highest BCUT2D eigenvalue weighted by molar-refractivity contribution is 5.89. The highest BCUT2D eigenvalue weighted by atomic mass is 16.2. The molecule has 0 aromatic rings. The van der Waals surface area contributed by atoms with Crippen LogP contribution in [0.4, 0.5) is 0 Å². The Labute approximate surface area is 103 Å². The highest BCUT2D eigenvalue weighted by Gasteiger charge is 2.30. The Morgan fingerprint density at radius 3 is 2.53 bits per heavy atom. The number of rotatable bonds is 6. The average Bonchev–Trinajstić information content (AvgIpc) is 2.70. The van der Waals surface area contributed by atoms with Crippen molar-refractivity contribution in [3.63, 3.8) is 0 Å². The van der Waals surface area contributed by atoms with Gasteiger partial charge in [0.2, 0.25) is 11.8 Å². The highest BCUT2D eigenvalue weighted by Crippen LogP contribution is 2.13. The van der Waals surface area contributed by atoms with E-state index < -0.39 is 0 Å². The third-order valence-corrected chi connectivity index (χ3v) is 2.95. The van der Waals surface area contributed by atoms with Crippen LogP contribution >= 0.6 is 0 Å². The topological polar surface area (TPSA) is 52.6 Å². The Hall–Kier alpha value is -1.10. The van der Waals surface area contributed by atoms with Crippen molar-refractivity contribution in [2.45, 2.75) is 19.8 Å². The van der Waals surface area contributed by atoms with Crippen LogP contribution in [0.2, 0.25) is 0 Å². The molecular formula is C12H23N3O2. The summed E-state index contributed by atoms with van der Waals surface area (Å²) >= 11 is 0. The van der Waals surface area contributed by atoms with Gasteiger partial charge in [-0.05, 0) is 20.5 Å². The maximum Gasteiger partial charge on any atom is 0.228 e. The standard InChI is InChI=1S/C12H23N3O2/c1-4-5-15(7-6-14(2)3)12(17)10-8-11(16)13-9-10/h10H,4-9H2,1-3H3,(H,13,16). The number of hydrogen-bond donors (Lipinski definition) is 1. The number of likely N-dealkylation sites (N-methyl/N-ethyl adjacent to an activating group) is 1. The largest absolute Gasteiger partial charge is 0.355 e. The molecule has 17 heavy (non-hydrogen) atoms. The van der Waals surface area contributed by atoms with Crippen LogP contribution in [0.3, 0.4) is 0 Å². The minimum absolute atomic E-state index is 0.00703. The summed E-state index contributed by atoms with van der Waals surface area (Å²) in [4.78, 5) is 27.3. The summed E-state index contributed by atoms with van der Waals surface area (Å²) in [6.45, 7) is 4.94. The Kier molecular flexibility index (Phi) is 5.41. The molecule has 1 rings (SSSR count). The van der Waals surface area contributed by atoms with E-state index in [1.165, 1.54) is 0 Å². The predicted molar refractivity (Wildman–Crippen MR) is 66.5 cm³/mol. The zero-order valence-corrected chi connectivity index (χ0v) is 11.0. The fourth-order valence-corrected chi connectivity index (χ4v) is 1.96. The zero-order chi connectivity index (χ0) is 12.8. The third-order valence-electron chi connectivity index (χ3n) is 2.95. The number of amides is 2. The second-order valence-corrected chi connectivity index (χ2v) is 4.83. The molecule has 0 bridgehead atoms. The van der Waals surface area contributed by atoms with Gasteiger partial charge in [-0.15, -0.1) is 0 Å². The molecule has 0 aliphatic carbocycles. The van der Waals surface area contributed by atoms with Gasteiger partial charge in [0.15, 0.2) is 0 Å². The lowest BCUT2D eigenvalue weighted by Crippen LogP contribution is -2.41. The van der Waals surface area contributed by atoms with Gasteiger partial charge in [-0.3, -0.25) is 9.59 Å². The van der Waals surface area contributed by atoms with Gasteiger partial charge in [0.05, 0.1) is 5.92 Å². The molecule has 1 saturated heterocycles. The van der Waals surface area contributed by atoms with Crippen molar-refractivity contribution in [2.24, 2.45) is 5.92 Å². The minimum atomic E-state index is -0.156. The fourth-order valence-electron chi connectivity index (χ4n) is 1.96. The molecule has 0 radical (unpaired) electrons. The van der Waals surface area contributed by atoms with Gasteiger partial charge in [-0.2, -0.15) is 0 Å². The van der Waals surface area contributed by atoms with Crippen LogP contribution in [0.1, 0.15) is 19.8 Å². The monoisotopic (exact) mass is 241 g/mol. The van der Waals surface area contributed by atoms with Gasteiger partial charge in [-0.1, -0.05) is 6.92 Å².